The summed E-state index contributed by atoms with van der Waals surface area (Å²) in [7, 11) is 2.23. The molecule has 2 aliphatic heterocycles. The molecule has 2 fully saturated rings. The largest absolute Gasteiger partial charge is 0.409 e. The standard InChI is InChI=1S/C14H21N5O/c1-18-10-5-6-11(18)9-19(8-7-10)13-4-2-3-12(16-13)14(15)17-20/h2-4,10-11,20H,5-9H2,1H3,(H2,15,17). The van der Waals surface area contributed by atoms with E-state index < -0.39 is 0 Å². The molecule has 2 atom stereocenters. The monoisotopic (exact) mass is 275 g/mol. The van der Waals surface area contributed by atoms with Crippen LogP contribution in [0.15, 0.2) is 23.4 Å². The van der Waals surface area contributed by atoms with Crippen molar-refractivity contribution in [3.8, 4) is 0 Å². The molecule has 3 N–H and O–H groups in total. The molecule has 2 unspecified atom stereocenters. The number of nitrogens with zero attached hydrogens (tertiary/aromatic N) is 4. The van der Waals surface area contributed by atoms with Crippen molar-refractivity contribution in [3.63, 3.8) is 0 Å². The van der Waals surface area contributed by atoms with Gasteiger partial charge in [-0.25, -0.2) is 4.98 Å². The summed E-state index contributed by atoms with van der Waals surface area (Å²) in [6.45, 7) is 2.01. The lowest BCUT2D eigenvalue weighted by molar-refractivity contribution is 0.254. The van der Waals surface area contributed by atoms with Crippen LogP contribution in [0.4, 0.5) is 5.82 Å². The highest BCUT2D eigenvalue weighted by atomic mass is 16.4. The number of pyridine rings is 1. The van der Waals surface area contributed by atoms with Gasteiger partial charge in [-0.15, -0.1) is 0 Å². The van der Waals surface area contributed by atoms with E-state index in [1.807, 2.05) is 12.1 Å². The van der Waals surface area contributed by atoms with Crippen molar-refractivity contribution in [1.29, 1.82) is 0 Å². The summed E-state index contributed by atoms with van der Waals surface area (Å²) in [4.78, 5) is 9.33. The Hall–Kier alpha value is -1.82. The van der Waals surface area contributed by atoms with Crippen molar-refractivity contribution in [3.05, 3.63) is 23.9 Å². The number of oxime groups is 1. The molecule has 3 rings (SSSR count). The maximum atomic E-state index is 8.76. The van der Waals surface area contributed by atoms with E-state index in [-0.39, 0.29) is 5.84 Å². The Bertz CT molecular complexity index is 518. The van der Waals surface area contributed by atoms with Gasteiger partial charge in [-0.05, 0) is 38.4 Å². The molecule has 1 aromatic heterocycles. The maximum absolute atomic E-state index is 8.76. The number of anilines is 1. The number of amidine groups is 1. The van der Waals surface area contributed by atoms with Crippen molar-refractivity contribution in [2.45, 2.75) is 31.3 Å². The van der Waals surface area contributed by atoms with E-state index in [1.54, 1.807) is 6.07 Å². The molecule has 0 spiro atoms. The van der Waals surface area contributed by atoms with E-state index in [0.29, 0.717) is 17.8 Å². The number of aromatic nitrogens is 1. The second-order valence-electron chi connectivity index (χ2n) is 5.65. The number of hydrogen-bond acceptors (Lipinski definition) is 5. The van der Waals surface area contributed by atoms with Crippen LogP contribution in [0.2, 0.25) is 0 Å². The molecule has 6 heteroatoms. The van der Waals surface area contributed by atoms with Crippen LogP contribution in [-0.2, 0) is 0 Å². The predicted octanol–water partition coefficient (Wildman–Crippen LogP) is 0.849. The molecule has 6 nitrogen and oxygen atoms in total. The van der Waals surface area contributed by atoms with Gasteiger partial charge in [0.15, 0.2) is 5.84 Å². The zero-order chi connectivity index (χ0) is 14.1. The first-order valence-electron chi connectivity index (χ1n) is 7.11. The first kappa shape index (κ1) is 13.2. The lowest BCUT2D eigenvalue weighted by atomic mass is 10.1. The molecule has 1 aromatic rings. The summed E-state index contributed by atoms with van der Waals surface area (Å²) < 4.78 is 0. The summed E-state index contributed by atoms with van der Waals surface area (Å²) in [5.74, 6) is 0.968. The molecule has 0 radical (unpaired) electrons. The lowest BCUT2D eigenvalue weighted by Gasteiger charge is -2.26. The summed E-state index contributed by atoms with van der Waals surface area (Å²) >= 11 is 0. The van der Waals surface area contributed by atoms with Crippen LogP contribution in [0, 0.1) is 0 Å². The number of rotatable bonds is 2. The topological polar surface area (TPSA) is 78.0 Å². The van der Waals surface area contributed by atoms with Crippen molar-refractivity contribution >= 4 is 11.7 Å². The lowest BCUT2D eigenvalue weighted by Crippen LogP contribution is -2.37. The van der Waals surface area contributed by atoms with Crippen molar-refractivity contribution in [2.75, 3.05) is 25.0 Å². The Morgan fingerprint density at radius 2 is 2.15 bits per heavy atom. The fourth-order valence-corrected chi connectivity index (χ4v) is 3.31. The van der Waals surface area contributed by atoms with Crippen molar-refractivity contribution < 1.29 is 5.21 Å². The third kappa shape index (κ3) is 2.31. The molecule has 108 valence electrons. The number of hydrogen-bond donors (Lipinski definition) is 2. The molecular formula is C14H21N5O. The maximum Gasteiger partial charge on any atom is 0.188 e. The number of nitrogens with two attached hydrogens (primary N) is 1. The molecule has 0 amide bonds. The van der Waals surface area contributed by atoms with Crippen LogP contribution >= 0.6 is 0 Å². The van der Waals surface area contributed by atoms with Crippen molar-refractivity contribution in [1.82, 2.24) is 9.88 Å². The van der Waals surface area contributed by atoms with Gasteiger partial charge in [-0.2, -0.15) is 0 Å². The minimum Gasteiger partial charge on any atom is -0.409 e. The number of fused-ring (bicyclic) bond motifs is 2. The molecule has 0 aliphatic carbocycles. The average molecular weight is 275 g/mol. The van der Waals surface area contributed by atoms with Gasteiger partial charge in [0.05, 0.1) is 0 Å². The van der Waals surface area contributed by atoms with Gasteiger partial charge in [-0.3, -0.25) is 4.90 Å². The summed E-state index contributed by atoms with van der Waals surface area (Å²) in [6.07, 6.45) is 3.74. The molecule has 0 aromatic carbocycles. The van der Waals surface area contributed by atoms with E-state index in [4.69, 9.17) is 10.9 Å². The average Bonchev–Trinajstić information content (AvgIpc) is 2.71. The van der Waals surface area contributed by atoms with Gasteiger partial charge in [0.25, 0.3) is 0 Å². The molecule has 2 aliphatic rings. The fraction of sp³-hybridized carbons (Fsp3) is 0.571. The zero-order valence-corrected chi connectivity index (χ0v) is 11.7. The van der Waals surface area contributed by atoms with Gasteiger partial charge in [-0.1, -0.05) is 11.2 Å². The van der Waals surface area contributed by atoms with Crippen molar-refractivity contribution in [2.24, 2.45) is 10.9 Å². The summed E-state index contributed by atoms with van der Waals surface area (Å²) in [5.41, 5.74) is 6.14. The zero-order valence-electron chi connectivity index (χ0n) is 11.7. The second kappa shape index (κ2) is 5.28. The number of likely N-dealkylation sites (N-methyl/N-ethyl adjacent to an activating group) is 1. The minimum atomic E-state index is 0.0558. The highest BCUT2D eigenvalue weighted by molar-refractivity contribution is 5.95. The second-order valence-corrected chi connectivity index (χ2v) is 5.65. The molecule has 2 saturated heterocycles. The Balaban J connectivity index is 1.83. The van der Waals surface area contributed by atoms with Crippen LogP contribution in [-0.4, -0.2) is 53.1 Å². The smallest absolute Gasteiger partial charge is 0.188 e. The third-order valence-corrected chi connectivity index (χ3v) is 4.58. The van der Waals surface area contributed by atoms with Gasteiger partial charge >= 0.3 is 0 Å². The van der Waals surface area contributed by atoms with E-state index in [1.165, 1.54) is 19.3 Å². The SMILES string of the molecule is CN1C2CCC1CN(c1cccc(C(N)=NO)n1)CC2. The quantitative estimate of drug-likeness (QED) is 0.362. The molecule has 0 saturated carbocycles. The molecule has 20 heavy (non-hydrogen) atoms. The molecule has 3 heterocycles. The van der Waals surface area contributed by atoms with Crippen LogP contribution in [0.3, 0.4) is 0 Å². The van der Waals surface area contributed by atoms with Gasteiger partial charge < -0.3 is 15.8 Å². The van der Waals surface area contributed by atoms with E-state index in [9.17, 15) is 0 Å². The fourth-order valence-electron chi connectivity index (χ4n) is 3.31. The highest BCUT2D eigenvalue weighted by Gasteiger charge is 2.34. The minimum absolute atomic E-state index is 0.0558. The first-order valence-corrected chi connectivity index (χ1v) is 7.11. The Kier molecular flexibility index (Phi) is 3.48. The van der Waals surface area contributed by atoms with Crippen LogP contribution in [0.1, 0.15) is 25.0 Å². The van der Waals surface area contributed by atoms with Crippen LogP contribution < -0.4 is 10.6 Å². The Labute approximate surface area is 118 Å². The normalized spacial score (nSPS) is 27.6. The van der Waals surface area contributed by atoms with Gasteiger partial charge in [0, 0.05) is 25.2 Å². The van der Waals surface area contributed by atoms with Gasteiger partial charge in [0.1, 0.15) is 11.5 Å². The van der Waals surface area contributed by atoms with E-state index in [2.05, 4.69) is 27.0 Å². The molecule has 2 bridgehead atoms. The van der Waals surface area contributed by atoms with Gasteiger partial charge in [0.2, 0.25) is 0 Å². The van der Waals surface area contributed by atoms with E-state index in [0.717, 1.165) is 18.9 Å². The first-order chi connectivity index (χ1) is 9.69. The Morgan fingerprint density at radius 1 is 1.35 bits per heavy atom. The Morgan fingerprint density at radius 3 is 2.95 bits per heavy atom. The third-order valence-electron chi connectivity index (χ3n) is 4.58. The summed E-state index contributed by atoms with van der Waals surface area (Å²) in [5, 5.41) is 11.8. The highest BCUT2D eigenvalue weighted by Crippen LogP contribution is 2.30. The predicted molar refractivity (Wildman–Crippen MR) is 78.2 cm³/mol. The molecular weight excluding hydrogens is 254 g/mol. The summed E-state index contributed by atoms with van der Waals surface area (Å²) in [6, 6.07) is 6.97. The van der Waals surface area contributed by atoms with Crippen LogP contribution in [0.25, 0.3) is 0 Å². The van der Waals surface area contributed by atoms with Crippen LogP contribution in [0.5, 0.6) is 0 Å². The van der Waals surface area contributed by atoms with E-state index >= 15 is 0 Å².